The van der Waals surface area contributed by atoms with Crippen LogP contribution in [0.1, 0.15) is 32.6 Å². The predicted octanol–water partition coefficient (Wildman–Crippen LogP) is 1.13. The van der Waals surface area contributed by atoms with Crippen LogP contribution >= 0.6 is 11.6 Å². The fraction of sp³-hybridized carbons (Fsp3) is 0.818. The van der Waals surface area contributed by atoms with Crippen molar-refractivity contribution in [3.63, 3.8) is 0 Å². The molecule has 0 radical (unpaired) electrons. The summed E-state index contributed by atoms with van der Waals surface area (Å²) in [5.74, 6) is 0.765. The Kier molecular flexibility index (Phi) is 5.60. The van der Waals surface area contributed by atoms with Crippen molar-refractivity contribution in [2.45, 2.75) is 38.6 Å². The summed E-state index contributed by atoms with van der Waals surface area (Å²) >= 11 is 5.55. The lowest BCUT2D eigenvalue weighted by Crippen LogP contribution is -2.37. The van der Waals surface area contributed by atoms with E-state index in [9.17, 15) is 9.59 Å². The molecular weight excluding hydrogens is 228 g/mol. The average Bonchev–Trinajstić information content (AvgIpc) is 2.65. The topological polar surface area (TPSA) is 49.4 Å². The van der Waals surface area contributed by atoms with Crippen LogP contribution in [0.4, 0.5) is 0 Å². The van der Waals surface area contributed by atoms with Gasteiger partial charge in [-0.25, -0.2) is 0 Å². The Hall–Kier alpha value is -0.770. The van der Waals surface area contributed by atoms with E-state index < -0.39 is 0 Å². The Balaban J connectivity index is 2.24. The standard InChI is InChI=1S/C11H19ClN2O2/c1-9(15)13-10-5-7-14(8-10)11(16)4-2-3-6-12/h10H,2-8H2,1H3,(H,13,15). The van der Waals surface area contributed by atoms with Crippen molar-refractivity contribution in [1.29, 1.82) is 0 Å². The summed E-state index contributed by atoms with van der Waals surface area (Å²) in [6, 6.07) is 0.134. The summed E-state index contributed by atoms with van der Waals surface area (Å²) in [5, 5.41) is 2.84. The van der Waals surface area contributed by atoms with Crippen molar-refractivity contribution in [1.82, 2.24) is 10.2 Å². The molecule has 0 bridgehead atoms. The van der Waals surface area contributed by atoms with Crippen LogP contribution < -0.4 is 5.32 Å². The van der Waals surface area contributed by atoms with E-state index in [0.29, 0.717) is 18.8 Å². The number of rotatable bonds is 5. The molecule has 0 saturated carbocycles. The highest BCUT2D eigenvalue weighted by molar-refractivity contribution is 6.17. The number of hydrogen-bond acceptors (Lipinski definition) is 2. The summed E-state index contributed by atoms with van der Waals surface area (Å²) in [6.45, 7) is 2.91. The first-order valence-corrected chi connectivity index (χ1v) is 6.27. The highest BCUT2D eigenvalue weighted by Gasteiger charge is 2.25. The van der Waals surface area contributed by atoms with Crippen LogP contribution in [0.2, 0.25) is 0 Å². The lowest BCUT2D eigenvalue weighted by atomic mass is 10.2. The third-order valence-electron chi connectivity index (χ3n) is 2.72. The lowest BCUT2D eigenvalue weighted by molar-refractivity contribution is -0.130. The number of carbonyl (C=O) groups excluding carboxylic acids is 2. The van der Waals surface area contributed by atoms with Crippen LogP contribution in [-0.4, -0.2) is 41.7 Å². The molecule has 1 heterocycles. The number of likely N-dealkylation sites (tertiary alicyclic amines) is 1. The molecule has 0 aromatic rings. The van der Waals surface area contributed by atoms with Gasteiger partial charge in [-0.3, -0.25) is 9.59 Å². The molecule has 0 aromatic heterocycles. The molecule has 1 N–H and O–H groups in total. The van der Waals surface area contributed by atoms with Crippen molar-refractivity contribution in [2.75, 3.05) is 19.0 Å². The van der Waals surface area contributed by atoms with Gasteiger partial charge in [0.1, 0.15) is 0 Å². The van der Waals surface area contributed by atoms with Gasteiger partial charge in [0.05, 0.1) is 0 Å². The molecule has 1 unspecified atom stereocenters. The van der Waals surface area contributed by atoms with Gasteiger partial charge in [-0.2, -0.15) is 0 Å². The average molecular weight is 247 g/mol. The van der Waals surface area contributed by atoms with E-state index in [2.05, 4.69) is 5.32 Å². The second kappa shape index (κ2) is 6.74. The molecule has 0 spiro atoms. The number of nitrogens with one attached hydrogen (secondary N) is 1. The molecule has 1 rings (SSSR count). The fourth-order valence-electron chi connectivity index (χ4n) is 1.92. The van der Waals surface area contributed by atoms with E-state index in [1.807, 2.05) is 4.90 Å². The van der Waals surface area contributed by atoms with Gasteiger partial charge < -0.3 is 10.2 Å². The molecule has 2 amide bonds. The van der Waals surface area contributed by atoms with Gasteiger partial charge in [0.15, 0.2) is 0 Å². The lowest BCUT2D eigenvalue weighted by Gasteiger charge is -2.16. The number of hydrogen-bond donors (Lipinski definition) is 1. The van der Waals surface area contributed by atoms with Crippen LogP contribution in [0.3, 0.4) is 0 Å². The summed E-state index contributed by atoms with van der Waals surface area (Å²) < 4.78 is 0. The minimum absolute atomic E-state index is 0.0264. The summed E-state index contributed by atoms with van der Waals surface area (Å²) in [6.07, 6.45) is 3.17. The number of amides is 2. The first-order chi connectivity index (χ1) is 7.63. The normalized spacial score (nSPS) is 19.9. The largest absolute Gasteiger partial charge is 0.352 e. The molecule has 92 valence electrons. The van der Waals surface area contributed by atoms with Gasteiger partial charge in [0, 0.05) is 38.4 Å². The minimum Gasteiger partial charge on any atom is -0.352 e. The molecule has 1 aliphatic heterocycles. The molecule has 4 nitrogen and oxygen atoms in total. The Morgan fingerprint density at radius 1 is 1.44 bits per heavy atom. The zero-order valence-corrected chi connectivity index (χ0v) is 10.4. The van der Waals surface area contributed by atoms with Crippen LogP contribution in [0.15, 0.2) is 0 Å². The highest BCUT2D eigenvalue weighted by Crippen LogP contribution is 2.12. The fourth-order valence-corrected chi connectivity index (χ4v) is 2.11. The van der Waals surface area contributed by atoms with Crippen LogP contribution in [0, 0.1) is 0 Å². The van der Waals surface area contributed by atoms with E-state index in [4.69, 9.17) is 11.6 Å². The Labute approximate surface area is 101 Å². The minimum atomic E-state index is -0.0264. The number of unbranched alkanes of at least 4 members (excludes halogenated alkanes) is 1. The van der Waals surface area contributed by atoms with Crippen LogP contribution in [-0.2, 0) is 9.59 Å². The Morgan fingerprint density at radius 3 is 2.81 bits per heavy atom. The smallest absolute Gasteiger partial charge is 0.222 e. The van der Waals surface area contributed by atoms with Crippen molar-refractivity contribution >= 4 is 23.4 Å². The molecule has 1 saturated heterocycles. The zero-order valence-electron chi connectivity index (χ0n) is 9.67. The van der Waals surface area contributed by atoms with Gasteiger partial charge in [-0.05, 0) is 19.3 Å². The third-order valence-corrected chi connectivity index (χ3v) is 2.99. The number of alkyl halides is 1. The van der Waals surface area contributed by atoms with Crippen LogP contribution in [0.5, 0.6) is 0 Å². The number of nitrogens with zero attached hydrogens (tertiary/aromatic N) is 1. The van der Waals surface area contributed by atoms with Crippen molar-refractivity contribution in [3.8, 4) is 0 Å². The third kappa shape index (κ3) is 4.39. The summed E-state index contributed by atoms with van der Waals surface area (Å²) in [5.41, 5.74) is 0. The van der Waals surface area contributed by atoms with Gasteiger partial charge in [0.25, 0.3) is 0 Å². The maximum atomic E-state index is 11.7. The van der Waals surface area contributed by atoms with Gasteiger partial charge >= 0.3 is 0 Å². The first kappa shape index (κ1) is 13.3. The van der Waals surface area contributed by atoms with E-state index in [0.717, 1.165) is 25.8 Å². The second-order valence-corrected chi connectivity index (χ2v) is 4.55. The van der Waals surface area contributed by atoms with Gasteiger partial charge in [-0.15, -0.1) is 11.6 Å². The SMILES string of the molecule is CC(=O)NC1CCN(C(=O)CCCCCl)C1. The van der Waals surface area contributed by atoms with Crippen molar-refractivity contribution < 1.29 is 9.59 Å². The van der Waals surface area contributed by atoms with Crippen molar-refractivity contribution in [3.05, 3.63) is 0 Å². The molecule has 5 heteroatoms. The summed E-state index contributed by atoms with van der Waals surface area (Å²) in [4.78, 5) is 24.4. The molecule has 16 heavy (non-hydrogen) atoms. The van der Waals surface area contributed by atoms with Crippen molar-refractivity contribution in [2.24, 2.45) is 0 Å². The second-order valence-electron chi connectivity index (χ2n) is 4.17. The van der Waals surface area contributed by atoms with E-state index in [-0.39, 0.29) is 17.9 Å². The predicted molar refractivity (Wildman–Crippen MR) is 63.4 cm³/mol. The molecular formula is C11H19ClN2O2. The molecule has 0 aromatic carbocycles. The highest BCUT2D eigenvalue weighted by atomic mass is 35.5. The van der Waals surface area contributed by atoms with E-state index in [1.54, 1.807) is 0 Å². The zero-order chi connectivity index (χ0) is 12.0. The number of halogens is 1. The maximum absolute atomic E-state index is 11.7. The van der Waals surface area contributed by atoms with Crippen LogP contribution in [0.25, 0.3) is 0 Å². The maximum Gasteiger partial charge on any atom is 0.222 e. The molecule has 1 aliphatic rings. The Morgan fingerprint density at radius 2 is 2.19 bits per heavy atom. The summed E-state index contributed by atoms with van der Waals surface area (Å²) in [7, 11) is 0. The van der Waals surface area contributed by atoms with Gasteiger partial charge in [0.2, 0.25) is 11.8 Å². The van der Waals surface area contributed by atoms with E-state index >= 15 is 0 Å². The van der Waals surface area contributed by atoms with E-state index in [1.165, 1.54) is 6.92 Å². The van der Waals surface area contributed by atoms with Gasteiger partial charge in [-0.1, -0.05) is 0 Å². The first-order valence-electron chi connectivity index (χ1n) is 5.74. The number of carbonyl (C=O) groups is 2. The molecule has 0 aliphatic carbocycles. The molecule has 1 atom stereocenters. The molecule has 1 fully saturated rings. The monoisotopic (exact) mass is 246 g/mol. The quantitative estimate of drug-likeness (QED) is 0.584. The Bertz CT molecular complexity index is 258.